The topological polar surface area (TPSA) is 77.3 Å². The van der Waals surface area contributed by atoms with Crippen LogP contribution in [-0.2, 0) is 24.6 Å². The molecule has 0 spiro atoms. The molecule has 17 heavy (non-hydrogen) atoms. The van der Waals surface area contributed by atoms with Crippen molar-refractivity contribution in [3.63, 3.8) is 0 Å². The first-order chi connectivity index (χ1) is 8.16. The van der Waals surface area contributed by atoms with Gasteiger partial charge in [0.2, 0.25) is 0 Å². The maximum atomic E-state index is 11.8. The number of nitrogens with zero attached hydrogens (tertiary/aromatic N) is 2. The van der Waals surface area contributed by atoms with Gasteiger partial charge in [-0.15, -0.1) is 0 Å². The standard InChI is InChI=1S/C11H10N2O4/c1-16-9(14)11(10(15)17-2)7-5-3-4-6-8(7)12-13-11/h3-6H,1-2H3. The normalized spacial score (nSPS) is 15.2. The van der Waals surface area contributed by atoms with Crippen LogP contribution < -0.4 is 0 Å². The summed E-state index contributed by atoms with van der Waals surface area (Å²) in [4.78, 5) is 23.6. The van der Waals surface area contributed by atoms with Crippen molar-refractivity contribution in [2.24, 2.45) is 10.2 Å². The molecular formula is C11H10N2O4. The van der Waals surface area contributed by atoms with E-state index in [2.05, 4.69) is 19.7 Å². The molecule has 0 amide bonds. The number of esters is 2. The lowest BCUT2D eigenvalue weighted by Gasteiger charge is -2.19. The zero-order valence-electron chi connectivity index (χ0n) is 9.34. The van der Waals surface area contributed by atoms with E-state index in [9.17, 15) is 9.59 Å². The van der Waals surface area contributed by atoms with Crippen LogP contribution in [0.15, 0.2) is 34.5 Å². The van der Waals surface area contributed by atoms with Gasteiger partial charge < -0.3 is 9.47 Å². The number of hydrogen-bond acceptors (Lipinski definition) is 6. The van der Waals surface area contributed by atoms with Crippen molar-refractivity contribution >= 4 is 17.6 Å². The van der Waals surface area contributed by atoms with E-state index in [4.69, 9.17) is 0 Å². The molecule has 0 aromatic heterocycles. The number of benzene rings is 1. The maximum Gasteiger partial charge on any atom is 0.352 e. The summed E-state index contributed by atoms with van der Waals surface area (Å²) in [7, 11) is 2.37. The number of rotatable bonds is 2. The molecule has 6 nitrogen and oxygen atoms in total. The zero-order valence-corrected chi connectivity index (χ0v) is 9.34. The summed E-state index contributed by atoms with van der Waals surface area (Å²) in [6.45, 7) is 0. The molecule has 0 saturated carbocycles. The Hall–Kier alpha value is -2.24. The van der Waals surface area contributed by atoms with Crippen LogP contribution in [0, 0.1) is 0 Å². The number of fused-ring (bicyclic) bond motifs is 1. The molecule has 0 N–H and O–H groups in total. The molecule has 0 radical (unpaired) electrons. The van der Waals surface area contributed by atoms with E-state index >= 15 is 0 Å². The molecule has 0 saturated heterocycles. The maximum absolute atomic E-state index is 11.8. The van der Waals surface area contributed by atoms with Gasteiger partial charge in [-0.2, -0.15) is 10.2 Å². The average Bonchev–Trinajstić information content (AvgIpc) is 2.77. The van der Waals surface area contributed by atoms with Crippen LogP contribution in [0.4, 0.5) is 5.69 Å². The third-order valence-electron chi connectivity index (χ3n) is 2.56. The van der Waals surface area contributed by atoms with Gasteiger partial charge >= 0.3 is 17.5 Å². The molecule has 1 aromatic carbocycles. The molecule has 1 heterocycles. The lowest BCUT2D eigenvalue weighted by molar-refractivity contribution is -0.161. The van der Waals surface area contributed by atoms with Gasteiger partial charge in [-0.1, -0.05) is 18.2 Å². The highest BCUT2D eigenvalue weighted by atomic mass is 16.5. The van der Waals surface area contributed by atoms with E-state index in [-0.39, 0.29) is 0 Å². The number of hydrogen-bond donors (Lipinski definition) is 0. The van der Waals surface area contributed by atoms with Gasteiger partial charge in [0.15, 0.2) is 0 Å². The fourth-order valence-corrected chi connectivity index (χ4v) is 1.73. The van der Waals surface area contributed by atoms with Crippen molar-refractivity contribution in [2.75, 3.05) is 14.2 Å². The van der Waals surface area contributed by atoms with Crippen molar-refractivity contribution < 1.29 is 19.1 Å². The molecule has 0 atom stereocenters. The summed E-state index contributed by atoms with van der Waals surface area (Å²) in [5.74, 6) is -1.61. The lowest BCUT2D eigenvalue weighted by Crippen LogP contribution is -2.42. The van der Waals surface area contributed by atoms with Crippen LogP contribution in [0.2, 0.25) is 0 Å². The van der Waals surface area contributed by atoms with Gasteiger partial charge in [0.05, 0.1) is 19.9 Å². The van der Waals surface area contributed by atoms with Crippen molar-refractivity contribution in [2.45, 2.75) is 5.54 Å². The summed E-state index contributed by atoms with van der Waals surface area (Å²) < 4.78 is 9.25. The largest absolute Gasteiger partial charge is 0.466 e. The minimum atomic E-state index is -1.82. The first-order valence-electron chi connectivity index (χ1n) is 4.86. The molecule has 0 bridgehead atoms. The zero-order chi connectivity index (χ0) is 12.5. The molecule has 1 aliphatic rings. The van der Waals surface area contributed by atoms with E-state index < -0.39 is 17.5 Å². The molecule has 88 valence electrons. The Morgan fingerprint density at radius 1 is 1.12 bits per heavy atom. The number of carbonyl (C=O) groups excluding carboxylic acids is 2. The predicted molar refractivity (Wildman–Crippen MR) is 56.7 cm³/mol. The van der Waals surface area contributed by atoms with E-state index in [1.165, 1.54) is 14.2 Å². The lowest BCUT2D eigenvalue weighted by atomic mass is 9.90. The van der Waals surface area contributed by atoms with Crippen LogP contribution in [0.3, 0.4) is 0 Å². The Kier molecular flexibility index (Phi) is 2.63. The van der Waals surface area contributed by atoms with Gasteiger partial charge in [-0.05, 0) is 6.07 Å². The Bertz CT molecular complexity index is 494. The monoisotopic (exact) mass is 234 g/mol. The SMILES string of the molecule is COC(=O)C1(C(=O)OC)N=Nc2ccccc21. The van der Waals surface area contributed by atoms with E-state index in [1.807, 2.05) is 0 Å². The predicted octanol–water partition coefficient (Wildman–Crippen LogP) is 1.33. The highest BCUT2D eigenvalue weighted by Gasteiger charge is 2.55. The Labute approximate surface area is 97.2 Å². The van der Waals surface area contributed by atoms with Crippen LogP contribution in [0.25, 0.3) is 0 Å². The second kappa shape index (κ2) is 3.97. The Morgan fingerprint density at radius 2 is 1.71 bits per heavy atom. The number of carbonyl (C=O) groups is 2. The van der Waals surface area contributed by atoms with Crippen LogP contribution in [0.5, 0.6) is 0 Å². The van der Waals surface area contributed by atoms with E-state index in [0.29, 0.717) is 11.3 Å². The van der Waals surface area contributed by atoms with Crippen molar-refractivity contribution in [3.05, 3.63) is 29.8 Å². The van der Waals surface area contributed by atoms with Crippen molar-refractivity contribution in [1.82, 2.24) is 0 Å². The minimum absolute atomic E-state index is 0.374. The summed E-state index contributed by atoms with van der Waals surface area (Å²) in [6.07, 6.45) is 0. The fourth-order valence-electron chi connectivity index (χ4n) is 1.73. The molecule has 0 unspecified atom stereocenters. The molecule has 1 aliphatic heterocycles. The van der Waals surface area contributed by atoms with Gasteiger partial charge in [-0.25, -0.2) is 9.59 Å². The summed E-state index contributed by atoms with van der Waals surface area (Å²) in [5.41, 5.74) is -0.984. The Morgan fingerprint density at radius 3 is 2.29 bits per heavy atom. The van der Waals surface area contributed by atoms with Gasteiger partial charge in [0, 0.05) is 5.56 Å². The van der Waals surface area contributed by atoms with Gasteiger partial charge in [0.1, 0.15) is 0 Å². The molecule has 1 aromatic rings. The minimum Gasteiger partial charge on any atom is -0.466 e. The highest BCUT2D eigenvalue weighted by molar-refractivity contribution is 6.07. The van der Waals surface area contributed by atoms with Crippen LogP contribution in [-0.4, -0.2) is 26.2 Å². The fraction of sp³-hybridized carbons (Fsp3) is 0.273. The molecule has 6 heteroatoms. The molecule has 0 aliphatic carbocycles. The highest BCUT2D eigenvalue weighted by Crippen LogP contribution is 2.42. The first-order valence-corrected chi connectivity index (χ1v) is 4.86. The van der Waals surface area contributed by atoms with Crippen LogP contribution in [0.1, 0.15) is 5.56 Å². The van der Waals surface area contributed by atoms with Crippen molar-refractivity contribution in [3.8, 4) is 0 Å². The smallest absolute Gasteiger partial charge is 0.352 e. The third-order valence-corrected chi connectivity index (χ3v) is 2.56. The quantitative estimate of drug-likeness (QED) is 0.571. The second-order valence-corrected chi connectivity index (χ2v) is 3.41. The molecular weight excluding hydrogens is 224 g/mol. The summed E-state index contributed by atoms with van der Waals surface area (Å²) in [6, 6.07) is 6.69. The van der Waals surface area contributed by atoms with E-state index in [1.54, 1.807) is 24.3 Å². The number of azo groups is 1. The molecule has 0 fully saturated rings. The number of methoxy groups -OCH3 is 2. The second-order valence-electron chi connectivity index (χ2n) is 3.41. The van der Waals surface area contributed by atoms with Gasteiger partial charge in [0.25, 0.3) is 0 Å². The summed E-state index contributed by atoms with van der Waals surface area (Å²) >= 11 is 0. The van der Waals surface area contributed by atoms with Crippen molar-refractivity contribution in [1.29, 1.82) is 0 Å². The molecule has 2 rings (SSSR count). The first kappa shape index (κ1) is 11.3. The third kappa shape index (κ3) is 1.41. The van der Waals surface area contributed by atoms with E-state index in [0.717, 1.165) is 0 Å². The Balaban J connectivity index is 2.63. The number of ether oxygens (including phenoxy) is 2. The van der Waals surface area contributed by atoms with Crippen LogP contribution >= 0.6 is 0 Å². The average molecular weight is 234 g/mol. The van der Waals surface area contributed by atoms with Gasteiger partial charge in [-0.3, -0.25) is 0 Å². The summed E-state index contributed by atoms with van der Waals surface area (Å²) in [5, 5.41) is 7.57.